The molecular formula is C22H21ClN6OS. The molecule has 0 amide bonds. The Kier molecular flexibility index (Phi) is 5.33. The Balaban J connectivity index is 1.38. The van der Waals surface area contributed by atoms with Crippen LogP contribution in [-0.2, 0) is 0 Å². The van der Waals surface area contributed by atoms with E-state index in [1.54, 1.807) is 17.4 Å². The molecule has 158 valence electrons. The number of benzene rings is 2. The largest absolute Gasteiger partial charge is 0.507 e. The first-order valence-electron chi connectivity index (χ1n) is 10.2. The van der Waals surface area contributed by atoms with Gasteiger partial charge < -0.3 is 15.3 Å². The number of halogens is 1. The summed E-state index contributed by atoms with van der Waals surface area (Å²) in [7, 11) is 0. The maximum atomic E-state index is 10.6. The van der Waals surface area contributed by atoms with Gasteiger partial charge in [-0.1, -0.05) is 19.1 Å². The van der Waals surface area contributed by atoms with E-state index < -0.39 is 0 Å². The molecule has 0 spiro atoms. The lowest BCUT2D eigenvalue weighted by Gasteiger charge is -2.30. The number of fused-ring (bicyclic) bond motifs is 1. The van der Waals surface area contributed by atoms with E-state index >= 15 is 0 Å². The fourth-order valence-electron chi connectivity index (χ4n) is 3.65. The van der Waals surface area contributed by atoms with Crippen LogP contribution in [0.25, 0.3) is 20.8 Å². The molecule has 31 heavy (non-hydrogen) atoms. The third kappa shape index (κ3) is 4.26. The lowest BCUT2D eigenvalue weighted by atomic mass is 10.00. The first-order valence-corrected chi connectivity index (χ1v) is 11.4. The highest BCUT2D eigenvalue weighted by molar-refractivity contribution is 7.21. The Morgan fingerprint density at radius 3 is 2.65 bits per heavy atom. The highest BCUT2D eigenvalue weighted by Crippen LogP contribution is 2.37. The van der Waals surface area contributed by atoms with Gasteiger partial charge in [-0.2, -0.15) is 15.0 Å². The number of anilines is 3. The monoisotopic (exact) mass is 452 g/mol. The van der Waals surface area contributed by atoms with Crippen LogP contribution in [0.2, 0.25) is 5.28 Å². The fourth-order valence-corrected chi connectivity index (χ4v) is 4.81. The van der Waals surface area contributed by atoms with E-state index in [0.29, 0.717) is 29.1 Å². The number of rotatable bonds is 4. The van der Waals surface area contributed by atoms with E-state index in [1.165, 1.54) is 0 Å². The normalized spacial score (nSPS) is 14.8. The number of thiazole rings is 1. The van der Waals surface area contributed by atoms with Crippen molar-refractivity contribution in [1.29, 1.82) is 0 Å². The van der Waals surface area contributed by atoms with E-state index in [2.05, 4.69) is 37.1 Å². The van der Waals surface area contributed by atoms with Gasteiger partial charge in [-0.05, 0) is 54.6 Å². The van der Waals surface area contributed by atoms with E-state index in [1.807, 2.05) is 36.4 Å². The minimum absolute atomic E-state index is 0.134. The van der Waals surface area contributed by atoms with E-state index in [4.69, 9.17) is 11.6 Å². The number of phenolic OH excluding ortho intramolecular Hbond substituents is 1. The Morgan fingerprint density at radius 2 is 1.87 bits per heavy atom. The summed E-state index contributed by atoms with van der Waals surface area (Å²) in [6.45, 7) is 4.06. The van der Waals surface area contributed by atoms with Crippen molar-refractivity contribution in [3.05, 3.63) is 47.7 Å². The molecular weight excluding hydrogens is 432 g/mol. The molecule has 1 fully saturated rings. The molecule has 4 aromatic rings. The third-order valence-electron chi connectivity index (χ3n) is 5.44. The number of nitrogens with one attached hydrogen (secondary N) is 1. The first-order chi connectivity index (χ1) is 15.0. The van der Waals surface area contributed by atoms with Gasteiger partial charge in [0.05, 0.1) is 15.8 Å². The highest BCUT2D eigenvalue weighted by atomic mass is 35.5. The summed E-state index contributed by atoms with van der Waals surface area (Å²) in [5.41, 5.74) is 2.26. The Labute approximate surface area is 188 Å². The number of para-hydroxylation sites is 1. The van der Waals surface area contributed by atoms with Crippen molar-refractivity contribution in [2.45, 2.75) is 19.8 Å². The smallest absolute Gasteiger partial charge is 0.233 e. The Morgan fingerprint density at radius 1 is 1.06 bits per heavy atom. The van der Waals surface area contributed by atoms with Gasteiger partial charge in [-0.15, -0.1) is 11.3 Å². The second-order valence-electron chi connectivity index (χ2n) is 7.74. The van der Waals surface area contributed by atoms with Crippen LogP contribution in [0.5, 0.6) is 5.75 Å². The van der Waals surface area contributed by atoms with Gasteiger partial charge in [0.15, 0.2) is 0 Å². The van der Waals surface area contributed by atoms with Crippen molar-refractivity contribution < 1.29 is 5.11 Å². The number of hydrogen-bond donors (Lipinski definition) is 2. The molecule has 0 unspecified atom stereocenters. The van der Waals surface area contributed by atoms with E-state index in [-0.39, 0.29) is 11.0 Å². The summed E-state index contributed by atoms with van der Waals surface area (Å²) < 4.78 is 1.08. The fraction of sp³-hybridized carbons (Fsp3) is 0.273. The molecule has 1 aliphatic heterocycles. The molecule has 0 bridgehead atoms. The van der Waals surface area contributed by atoms with Gasteiger partial charge in [0.25, 0.3) is 0 Å². The minimum Gasteiger partial charge on any atom is -0.507 e. The summed E-state index contributed by atoms with van der Waals surface area (Å²) in [6.07, 6.45) is 2.21. The number of aromatic nitrogens is 4. The summed E-state index contributed by atoms with van der Waals surface area (Å²) in [4.78, 5) is 19.8. The number of piperidine rings is 1. The SMILES string of the molecule is CC1CCN(c2nc(Cl)nc(Nc3ccc(-c4nc5ccccc5s4)c(O)c3)n2)CC1. The average Bonchev–Trinajstić information content (AvgIpc) is 3.18. The molecule has 2 N–H and O–H groups in total. The molecule has 0 radical (unpaired) electrons. The summed E-state index contributed by atoms with van der Waals surface area (Å²) >= 11 is 7.70. The van der Waals surface area contributed by atoms with Crippen LogP contribution in [0, 0.1) is 5.92 Å². The molecule has 5 rings (SSSR count). The number of hydrogen-bond acceptors (Lipinski definition) is 8. The molecule has 0 aliphatic carbocycles. The van der Waals surface area contributed by atoms with Crippen molar-refractivity contribution in [1.82, 2.24) is 19.9 Å². The molecule has 1 saturated heterocycles. The van der Waals surface area contributed by atoms with Crippen LogP contribution >= 0.6 is 22.9 Å². The van der Waals surface area contributed by atoms with Crippen LogP contribution in [0.1, 0.15) is 19.8 Å². The second kappa shape index (κ2) is 8.28. The standard InChI is InChI=1S/C22H21ClN6OS/c1-13-8-10-29(11-9-13)22-27-20(23)26-21(28-22)24-14-6-7-15(17(30)12-14)19-25-16-4-2-3-5-18(16)31-19/h2-7,12-13,30H,8-11H2,1H3,(H,24,26,27,28). The van der Waals surface area contributed by atoms with Gasteiger partial charge in [0.2, 0.25) is 17.2 Å². The zero-order chi connectivity index (χ0) is 21.4. The van der Waals surface area contributed by atoms with Crippen molar-refractivity contribution in [3.63, 3.8) is 0 Å². The highest BCUT2D eigenvalue weighted by Gasteiger charge is 2.19. The molecule has 9 heteroatoms. The zero-order valence-corrected chi connectivity index (χ0v) is 18.5. The average molecular weight is 453 g/mol. The maximum Gasteiger partial charge on any atom is 0.233 e. The Bertz CT molecular complexity index is 1200. The van der Waals surface area contributed by atoms with Crippen molar-refractivity contribution in [2.24, 2.45) is 5.92 Å². The third-order valence-corrected chi connectivity index (χ3v) is 6.68. The quantitative estimate of drug-likeness (QED) is 0.423. The minimum atomic E-state index is 0.134. The molecule has 1 aliphatic rings. The molecule has 0 saturated carbocycles. The second-order valence-corrected chi connectivity index (χ2v) is 9.11. The van der Waals surface area contributed by atoms with Crippen LogP contribution in [0.3, 0.4) is 0 Å². The van der Waals surface area contributed by atoms with Gasteiger partial charge in [0.1, 0.15) is 10.8 Å². The van der Waals surface area contributed by atoms with Gasteiger partial charge in [-0.25, -0.2) is 4.98 Å². The Hall–Kier alpha value is -2.97. The summed E-state index contributed by atoms with van der Waals surface area (Å²) in [5.74, 6) is 1.77. The number of aromatic hydroxyl groups is 1. The van der Waals surface area contributed by atoms with Crippen molar-refractivity contribution in [3.8, 4) is 16.3 Å². The summed E-state index contributed by atoms with van der Waals surface area (Å²) in [6, 6.07) is 13.3. The number of phenols is 1. The lowest BCUT2D eigenvalue weighted by molar-refractivity contribution is 0.434. The van der Waals surface area contributed by atoms with Gasteiger partial charge >= 0.3 is 0 Å². The van der Waals surface area contributed by atoms with Gasteiger partial charge in [0, 0.05) is 24.8 Å². The predicted molar refractivity (Wildman–Crippen MR) is 125 cm³/mol. The van der Waals surface area contributed by atoms with Crippen LogP contribution in [0.15, 0.2) is 42.5 Å². The molecule has 7 nitrogen and oxygen atoms in total. The molecule has 2 aromatic carbocycles. The van der Waals surface area contributed by atoms with Crippen LogP contribution < -0.4 is 10.2 Å². The van der Waals surface area contributed by atoms with Crippen LogP contribution in [-0.4, -0.2) is 38.1 Å². The molecule has 0 atom stereocenters. The predicted octanol–water partition coefficient (Wildman–Crippen LogP) is 5.49. The molecule has 2 aromatic heterocycles. The van der Waals surface area contributed by atoms with Gasteiger partial charge in [-0.3, -0.25) is 0 Å². The zero-order valence-electron chi connectivity index (χ0n) is 16.9. The van der Waals surface area contributed by atoms with Crippen molar-refractivity contribution >= 4 is 50.7 Å². The molecule has 3 heterocycles. The number of nitrogens with zero attached hydrogens (tertiary/aromatic N) is 5. The van der Waals surface area contributed by atoms with E-state index in [0.717, 1.165) is 41.2 Å². The first kappa shape index (κ1) is 20.0. The topological polar surface area (TPSA) is 87.1 Å². The van der Waals surface area contributed by atoms with E-state index in [9.17, 15) is 5.11 Å². The lowest BCUT2D eigenvalue weighted by Crippen LogP contribution is -2.34. The van der Waals surface area contributed by atoms with Crippen LogP contribution in [0.4, 0.5) is 17.6 Å². The summed E-state index contributed by atoms with van der Waals surface area (Å²) in [5, 5.41) is 14.7. The maximum absolute atomic E-state index is 10.6. The van der Waals surface area contributed by atoms with Crippen molar-refractivity contribution in [2.75, 3.05) is 23.3 Å².